The molecule has 0 saturated heterocycles. The summed E-state index contributed by atoms with van der Waals surface area (Å²) in [7, 11) is 1.53. The van der Waals surface area contributed by atoms with Crippen LogP contribution in [0.5, 0.6) is 17.2 Å². The second-order valence-electron chi connectivity index (χ2n) is 7.49. The molecule has 38 heavy (non-hydrogen) atoms. The molecule has 0 heterocycles. The van der Waals surface area contributed by atoms with Gasteiger partial charge in [-0.15, -0.1) is 0 Å². The van der Waals surface area contributed by atoms with E-state index in [1.807, 2.05) is 0 Å². The van der Waals surface area contributed by atoms with E-state index in [9.17, 15) is 14.4 Å². The average molecular weight is 604 g/mol. The molecular formula is C26H24BrClN4O6. The Labute approximate surface area is 232 Å². The van der Waals surface area contributed by atoms with E-state index in [1.54, 1.807) is 67.6 Å². The molecule has 3 amide bonds. The first-order valence-corrected chi connectivity index (χ1v) is 12.4. The number of hydrogen-bond donors (Lipinski definition) is 3. The zero-order valence-corrected chi connectivity index (χ0v) is 22.8. The highest BCUT2D eigenvalue weighted by atomic mass is 79.9. The summed E-state index contributed by atoms with van der Waals surface area (Å²) < 4.78 is 16.9. The number of carbonyl (C=O) groups is 3. The molecule has 3 N–H and O–H groups in total. The van der Waals surface area contributed by atoms with E-state index < -0.39 is 11.8 Å². The van der Waals surface area contributed by atoms with E-state index >= 15 is 0 Å². The lowest BCUT2D eigenvalue weighted by molar-refractivity contribution is -0.136. The first kappa shape index (κ1) is 28.5. The summed E-state index contributed by atoms with van der Waals surface area (Å²) in [4.78, 5) is 36.5. The van der Waals surface area contributed by atoms with E-state index in [0.717, 1.165) is 0 Å². The molecular weight excluding hydrogens is 580 g/mol. The second-order valence-corrected chi connectivity index (χ2v) is 8.78. The summed E-state index contributed by atoms with van der Waals surface area (Å²) in [6.07, 6.45) is 1.33. The number of methoxy groups -OCH3 is 1. The first-order valence-electron chi connectivity index (χ1n) is 11.2. The lowest BCUT2D eigenvalue weighted by Crippen LogP contribution is -2.32. The molecule has 0 unspecified atom stereocenters. The van der Waals surface area contributed by atoms with Gasteiger partial charge in [-0.3, -0.25) is 14.4 Å². The van der Waals surface area contributed by atoms with Crippen LogP contribution in [0.4, 0.5) is 11.4 Å². The zero-order valence-electron chi connectivity index (χ0n) is 20.4. The SMILES string of the molecule is CCOc1cc(/C=N\NC(=O)C(=O)Nc2ccc(OC)cc2)cc(Br)c1OCC(=O)Nc1cccc(Cl)c1. The fourth-order valence-electron chi connectivity index (χ4n) is 3.04. The summed E-state index contributed by atoms with van der Waals surface area (Å²) in [5, 5.41) is 9.49. The number of hydrazone groups is 1. The third kappa shape index (κ3) is 8.49. The van der Waals surface area contributed by atoms with Crippen molar-refractivity contribution < 1.29 is 28.6 Å². The number of nitrogens with zero attached hydrogens (tertiary/aromatic N) is 1. The van der Waals surface area contributed by atoms with Crippen LogP contribution in [0.2, 0.25) is 5.02 Å². The van der Waals surface area contributed by atoms with Crippen LogP contribution in [-0.4, -0.2) is 44.3 Å². The van der Waals surface area contributed by atoms with Gasteiger partial charge in [-0.05, 0) is 83.0 Å². The normalized spacial score (nSPS) is 10.5. The Morgan fingerprint density at radius 2 is 1.74 bits per heavy atom. The standard InChI is InChI=1S/C26H24BrClN4O6/c1-3-37-22-12-16(14-29-32-26(35)25(34)31-18-7-9-20(36-2)10-8-18)11-21(27)24(22)38-15-23(33)30-19-6-4-5-17(28)13-19/h4-14H,3,15H2,1-2H3,(H,30,33)(H,31,34)(H,32,35)/b29-14-. The van der Waals surface area contributed by atoms with Crippen LogP contribution in [0, 0.1) is 0 Å². The van der Waals surface area contributed by atoms with E-state index in [-0.39, 0.29) is 12.5 Å². The van der Waals surface area contributed by atoms with Crippen molar-refractivity contribution in [3.05, 3.63) is 75.7 Å². The van der Waals surface area contributed by atoms with Gasteiger partial charge in [0.1, 0.15) is 5.75 Å². The topological polar surface area (TPSA) is 127 Å². The highest BCUT2D eigenvalue weighted by Crippen LogP contribution is 2.36. The maximum absolute atomic E-state index is 12.3. The van der Waals surface area contributed by atoms with Gasteiger partial charge >= 0.3 is 11.8 Å². The fourth-order valence-corrected chi connectivity index (χ4v) is 3.81. The van der Waals surface area contributed by atoms with Crippen molar-refractivity contribution in [2.24, 2.45) is 5.10 Å². The van der Waals surface area contributed by atoms with Crippen LogP contribution in [-0.2, 0) is 14.4 Å². The maximum atomic E-state index is 12.3. The molecule has 0 spiro atoms. The number of amides is 3. The Hall–Kier alpha value is -4.09. The Balaban J connectivity index is 1.60. The molecule has 10 nitrogen and oxygen atoms in total. The van der Waals surface area contributed by atoms with Crippen molar-refractivity contribution in [3.8, 4) is 17.2 Å². The number of carbonyl (C=O) groups excluding carboxylic acids is 3. The number of anilines is 2. The van der Waals surface area contributed by atoms with Gasteiger partial charge in [-0.2, -0.15) is 5.10 Å². The van der Waals surface area contributed by atoms with Crippen LogP contribution < -0.4 is 30.3 Å². The third-order valence-electron chi connectivity index (χ3n) is 4.72. The van der Waals surface area contributed by atoms with Gasteiger partial charge in [-0.25, -0.2) is 5.43 Å². The number of hydrogen-bond acceptors (Lipinski definition) is 7. The highest BCUT2D eigenvalue weighted by Gasteiger charge is 2.15. The number of benzene rings is 3. The average Bonchev–Trinajstić information content (AvgIpc) is 2.88. The minimum atomic E-state index is -0.952. The fraction of sp³-hybridized carbons (Fsp3) is 0.154. The Morgan fingerprint density at radius 1 is 0.974 bits per heavy atom. The molecule has 198 valence electrons. The van der Waals surface area contributed by atoms with E-state index in [2.05, 4.69) is 37.1 Å². The quantitative estimate of drug-likeness (QED) is 0.176. The number of halogens is 2. The monoisotopic (exact) mass is 602 g/mol. The minimum absolute atomic E-state index is 0.280. The molecule has 0 fully saturated rings. The summed E-state index contributed by atoms with van der Waals surface area (Å²) in [5.41, 5.74) is 3.68. The van der Waals surface area contributed by atoms with Gasteiger partial charge in [0, 0.05) is 16.4 Å². The second kappa shape index (κ2) is 14.0. The van der Waals surface area contributed by atoms with Crippen molar-refractivity contribution in [2.45, 2.75) is 6.92 Å². The third-order valence-corrected chi connectivity index (χ3v) is 5.55. The van der Waals surface area contributed by atoms with Crippen LogP contribution in [0.15, 0.2) is 70.2 Å². The van der Waals surface area contributed by atoms with E-state index in [4.69, 9.17) is 25.8 Å². The molecule has 3 aromatic carbocycles. The summed E-state index contributed by atoms with van der Waals surface area (Å²) in [5.74, 6) is -0.944. The van der Waals surface area contributed by atoms with Gasteiger partial charge < -0.3 is 24.8 Å². The minimum Gasteiger partial charge on any atom is -0.497 e. The van der Waals surface area contributed by atoms with E-state index in [0.29, 0.717) is 50.3 Å². The largest absolute Gasteiger partial charge is 0.497 e. The molecule has 12 heteroatoms. The maximum Gasteiger partial charge on any atom is 0.329 e. The van der Waals surface area contributed by atoms with Crippen molar-refractivity contribution in [2.75, 3.05) is 31.0 Å². The van der Waals surface area contributed by atoms with Crippen molar-refractivity contribution in [1.82, 2.24) is 5.43 Å². The Morgan fingerprint density at radius 3 is 2.42 bits per heavy atom. The highest BCUT2D eigenvalue weighted by molar-refractivity contribution is 9.10. The molecule has 0 aliphatic carbocycles. The molecule has 3 rings (SSSR count). The van der Waals surface area contributed by atoms with Crippen LogP contribution in [0.3, 0.4) is 0 Å². The zero-order chi connectivity index (χ0) is 27.5. The van der Waals surface area contributed by atoms with Gasteiger partial charge in [0.15, 0.2) is 18.1 Å². The molecule has 0 saturated carbocycles. The van der Waals surface area contributed by atoms with Gasteiger partial charge in [0.25, 0.3) is 5.91 Å². The smallest absolute Gasteiger partial charge is 0.329 e. The molecule has 0 aliphatic rings. The molecule has 0 atom stereocenters. The predicted molar refractivity (Wildman–Crippen MR) is 148 cm³/mol. The molecule has 3 aromatic rings. The predicted octanol–water partition coefficient (Wildman–Crippen LogP) is 4.62. The first-order chi connectivity index (χ1) is 18.3. The van der Waals surface area contributed by atoms with Gasteiger partial charge in [0.05, 0.1) is 24.4 Å². The lowest BCUT2D eigenvalue weighted by atomic mass is 10.2. The molecule has 0 radical (unpaired) electrons. The van der Waals surface area contributed by atoms with Crippen LogP contribution in [0.25, 0.3) is 0 Å². The van der Waals surface area contributed by atoms with Gasteiger partial charge in [0.2, 0.25) is 0 Å². The van der Waals surface area contributed by atoms with Crippen molar-refractivity contribution in [1.29, 1.82) is 0 Å². The van der Waals surface area contributed by atoms with Gasteiger partial charge in [-0.1, -0.05) is 17.7 Å². The van der Waals surface area contributed by atoms with Crippen molar-refractivity contribution in [3.63, 3.8) is 0 Å². The van der Waals surface area contributed by atoms with Crippen LogP contribution in [0.1, 0.15) is 12.5 Å². The number of rotatable bonds is 10. The summed E-state index contributed by atoms with van der Waals surface area (Å²) >= 11 is 9.35. The molecule has 0 aromatic heterocycles. The number of ether oxygens (including phenoxy) is 3. The van der Waals surface area contributed by atoms with Crippen LogP contribution >= 0.6 is 27.5 Å². The van der Waals surface area contributed by atoms with E-state index in [1.165, 1.54) is 13.3 Å². The lowest BCUT2D eigenvalue weighted by Gasteiger charge is -2.14. The number of nitrogens with one attached hydrogen (secondary N) is 3. The summed E-state index contributed by atoms with van der Waals surface area (Å²) in [6.45, 7) is 1.85. The molecule has 0 aliphatic heterocycles. The Bertz CT molecular complexity index is 1330. The van der Waals surface area contributed by atoms with Crippen molar-refractivity contribution >= 4 is 62.8 Å². The summed E-state index contributed by atoms with van der Waals surface area (Å²) in [6, 6.07) is 16.5. The Kier molecular flexibility index (Phi) is 10.5. The molecule has 0 bridgehead atoms.